The quantitative estimate of drug-likeness (QED) is 0.259. The summed E-state index contributed by atoms with van der Waals surface area (Å²) in [6.07, 6.45) is 1.90. The van der Waals surface area contributed by atoms with Gasteiger partial charge in [0.05, 0.1) is 12.5 Å². The third-order valence-corrected chi connectivity index (χ3v) is 6.85. The predicted octanol–water partition coefficient (Wildman–Crippen LogP) is -1.76. The van der Waals surface area contributed by atoms with Gasteiger partial charge in [-0.1, -0.05) is 6.08 Å². The summed E-state index contributed by atoms with van der Waals surface area (Å²) in [6.45, 7) is -0.267. The van der Waals surface area contributed by atoms with Crippen molar-refractivity contribution in [2.45, 2.75) is 23.1 Å². The second-order valence-corrected chi connectivity index (χ2v) is 7.77. The molecule has 0 aromatic rings. The van der Waals surface area contributed by atoms with Gasteiger partial charge >= 0.3 is 5.97 Å². The average molecular weight is 334 g/mol. The number of hydrogen-bond acceptors (Lipinski definition) is 7. The van der Waals surface area contributed by atoms with Crippen molar-refractivity contribution in [3.05, 3.63) is 22.3 Å². The second kappa shape index (κ2) is 5.02. The molecule has 2 fully saturated rings. The van der Waals surface area contributed by atoms with E-state index in [0.29, 0.717) is 0 Å². The molecule has 0 radical (unpaired) electrons. The lowest BCUT2D eigenvalue weighted by atomic mass is 9.91. The van der Waals surface area contributed by atoms with Crippen LogP contribution in [0.4, 0.5) is 0 Å². The number of carboxylic acids is 1. The zero-order valence-corrected chi connectivity index (χ0v) is 12.3. The van der Waals surface area contributed by atoms with Crippen molar-refractivity contribution in [3.8, 4) is 0 Å². The summed E-state index contributed by atoms with van der Waals surface area (Å²) in [5.74, 6) is -3.48. The second-order valence-electron chi connectivity index (χ2n) is 5.31. The Labute approximate surface area is 125 Å². The minimum Gasteiger partial charge on any atom is -0.480 e. The van der Waals surface area contributed by atoms with E-state index in [1.165, 1.54) is 0 Å². The number of hydrogen-bond donors (Lipinski definition) is 2. The fraction of sp³-hybridized carbons (Fsp3) is 0.636. The van der Waals surface area contributed by atoms with E-state index in [9.17, 15) is 33.2 Å². The summed E-state index contributed by atoms with van der Waals surface area (Å²) in [5, 5.41) is 27.3. The van der Waals surface area contributed by atoms with Crippen LogP contribution in [0.25, 0.3) is 0 Å². The number of fused-ring (bicyclic) bond motifs is 1. The molecule has 11 heteroatoms. The fourth-order valence-corrected chi connectivity index (χ4v) is 5.47. The van der Waals surface area contributed by atoms with Crippen molar-refractivity contribution in [2.75, 3.05) is 13.2 Å². The van der Waals surface area contributed by atoms with Crippen LogP contribution in [0.15, 0.2) is 12.2 Å². The first-order chi connectivity index (χ1) is 10.1. The van der Waals surface area contributed by atoms with E-state index >= 15 is 0 Å². The summed E-state index contributed by atoms with van der Waals surface area (Å²) >= 11 is 0. The first kappa shape index (κ1) is 16.4. The lowest BCUT2D eigenvalue weighted by Gasteiger charge is -2.41. The fourth-order valence-electron chi connectivity index (χ4n) is 2.97. The number of carbonyl (C=O) groups is 2. The summed E-state index contributed by atoms with van der Waals surface area (Å²) in [7, 11) is -4.16. The third kappa shape index (κ3) is 1.92. The van der Waals surface area contributed by atoms with Gasteiger partial charge in [0.15, 0.2) is 15.9 Å². The van der Waals surface area contributed by atoms with Crippen LogP contribution in [-0.4, -0.2) is 69.6 Å². The summed E-state index contributed by atoms with van der Waals surface area (Å²) in [6, 6.07) is -1.68. The number of carboxylic acid groups (broad SMARTS) is 1. The molecule has 2 aliphatic rings. The molecule has 10 nitrogen and oxygen atoms in total. The number of sulfone groups is 1. The van der Waals surface area contributed by atoms with Crippen LogP contribution in [0.1, 0.15) is 6.92 Å². The maximum absolute atomic E-state index is 12.6. The summed E-state index contributed by atoms with van der Waals surface area (Å²) in [4.78, 5) is 33.6. The first-order valence-electron chi connectivity index (χ1n) is 6.28. The molecule has 22 heavy (non-hydrogen) atoms. The highest BCUT2D eigenvalue weighted by Gasteiger charge is 2.72. The highest BCUT2D eigenvalue weighted by molar-refractivity contribution is 7.94. The molecular weight excluding hydrogens is 320 g/mol. The lowest BCUT2D eigenvalue weighted by Crippen LogP contribution is -2.64. The molecule has 2 N–H and O–H groups in total. The summed E-state index contributed by atoms with van der Waals surface area (Å²) in [5.41, 5.74) is 0. The number of rotatable bonds is 5. The van der Waals surface area contributed by atoms with E-state index in [2.05, 4.69) is 0 Å². The predicted molar refractivity (Wildman–Crippen MR) is 71.0 cm³/mol. The number of aliphatic hydroxyl groups is 1. The molecule has 2 saturated heterocycles. The Bertz CT molecular complexity index is 672. The zero-order chi connectivity index (χ0) is 16.9. The molecular formula is C11H14N2O8S. The minimum absolute atomic E-state index is 0.667. The van der Waals surface area contributed by atoms with Crippen molar-refractivity contribution in [3.63, 3.8) is 0 Å². The molecule has 122 valence electrons. The average Bonchev–Trinajstić information content (AvgIpc) is 2.54. The highest BCUT2D eigenvalue weighted by Crippen LogP contribution is 2.49. The topological polar surface area (TPSA) is 155 Å². The molecule has 2 aliphatic heterocycles. The lowest BCUT2D eigenvalue weighted by molar-refractivity contribution is -0.468. The van der Waals surface area contributed by atoms with E-state index in [1.807, 2.05) is 0 Å². The van der Waals surface area contributed by atoms with Crippen molar-refractivity contribution >= 4 is 21.7 Å². The van der Waals surface area contributed by atoms with Gasteiger partial charge in [-0.15, -0.1) is 0 Å². The largest absolute Gasteiger partial charge is 0.480 e. The molecule has 2 rings (SSSR count). The molecule has 0 aliphatic carbocycles. The van der Waals surface area contributed by atoms with E-state index in [4.69, 9.17) is 5.11 Å². The molecule has 4 atom stereocenters. The molecule has 1 amide bonds. The van der Waals surface area contributed by atoms with Crippen molar-refractivity contribution in [1.82, 2.24) is 4.90 Å². The van der Waals surface area contributed by atoms with Gasteiger partial charge in [-0.2, -0.15) is 0 Å². The molecule has 0 aromatic heterocycles. The van der Waals surface area contributed by atoms with Crippen LogP contribution in [0.2, 0.25) is 0 Å². The van der Waals surface area contributed by atoms with Crippen LogP contribution in [0, 0.1) is 16.0 Å². The Morgan fingerprint density at radius 1 is 1.55 bits per heavy atom. The maximum Gasteiger partial charge on any atom is 0.328 e. The Hall–Kier alpha value is -2.01. The number of aliphatic carboxylic acids is 1. The Morgan fingerprint density at radius 2 is 2.14 bits per heavy atom. The van der Waals surface area contributed by atoms with Gasteiger partial charge in [0.1, 0.15) is 10.1 Å². The zero-order valence-electron chi connectivity index (χ0n) is 11.4. The van der Waals surface area contributed by atoms with Crippen molar-refractivity contribution in [2.24, 2.45) is 5.92 Å². The van der Waals surface area contributed by atoms with Gasteiger partial charge in [0.25, 0.3) is 0 Å². The van der Waals surface area contributed by atoms with Crippen LogP contribution in [0.3, 0.4) is 0 Å². The molecule has 0 spiro atoms. The molecule has 0 saturated carbocycles. The minimum atomic E-state index is -4.16. The first-order valence-corrected chi connectivity index (χ1v) is 7.83. The Balaban J connectivity index is 2.51. The van der Waals surface area contributed by atoms with Crippen LogP contribution in [-0.2, 0) is 19.4 Å². The molecule has 0 aromatic carbocycles. The van der Waals surface area contributed by atoms with Gasteiger partial charge < -0.3 is 15.1 Å². The number of nitro groups is 1. The van der Waals surface area contributed by atoms with Gasteiger partial charge in [0, 0.05) is 4.92 Å². The van der Waals surface area contributed by atoms with E-state index in [-0.39, 0.29) is 0 Å². The maximum atomic E-state index is 12.6. The Morgan fingerprint density at radius 3 is 2.59 bits per heavy atom. The molecule has 0 unspecified atom stereocenters. The van der Waals surface area contributed by atoms with E-state index in [0.717, 1.165) is 24.0 Å². The smallest absolute Gasteiger partial charge is 0.328 e. The standard InChI is InChI=1S/C11H14N2O8S/c1-11(3-2-4-12(18)19)7(10(16)17)13-8(15)6(5-14)9(13)22(11,20)21/h2-3,6-7,9,14H,4-5H2,1H3,(H,16,17)/b3-2-/t6-,7+,9-,11+/m1/s1. The number of carbonyl (C=O) groups excluding carboxylic acids is 1. The van der Waals surface area contributed by atoms with Gasteiger partial charge in [-0.25, -0.2) is 13.2 Å². The number of amides is 1. The van der Waals surface area contributed by atoms with E-state index < -0.39 is 61.9 Å². The Kier molecular flexibility index (Phi) is 3.73. The molecule has 2 heterocycles. The third-order valence-electron chi connectivity index (χ3n) is 4.08. The van der Waals surface area contributed by atoms with Crippen molar-refractivity contribution in [1.29, 1.82) is 0 Å². The van der Waals surface area contributed by atoms with Crippen molar-refractivity contribution < 1.29 is 33.1 Å². The highest BCUT2D eigenvalue weighted by atomic mass is 32.2. The van der Waals surface area contributed by atoms with Crippen LogP contribution >= 0.6 is 0 Å². The van der Waals surface area contributed by atoms with Crippen LogP contribution in [0.5, 0.6) is 0 Å². The monoisotopic (exact) mass is 334 g/mol. The normalized spacial score (nSPS) is 36.2. The van der Waals surface area contributed by atoms with E-state index in [1.54, 1.807) is 0 Å². The summed E-state index contributed by atoms with van der Waals surface area (Å²) < 4.78 is 23.2. The van der Waals surface area contributed by atoms with Gasteiger partial charge in [-0.05, 0) is 13.0 Å². The van der Waals surface area contributed by atoms with Crippen LogP contribution < -0.4 is 0 Å². The molecule has 0 bridgehead atoms. The SMILES string of the molecule is C[C@]1(/C=C\C[N+](=O)[O-])[C@H](C(=O)O)N2C(=O)[C@@H](CO)[C@H]2S1(=O)=O. The number of β-lactam (4-membered cyclic amide) rings is 1. The number of aliphatic hydroxyl groups excluding tert-OH is 1. The van der Waals surface area contributed by atoms with Gasteiger partial charge in [0.2, 0.25) is 12.5 Å². The van der Waals surface area contributed by atoms with Gasteiger partial charge in [-0.3, -0.25) is 14.9 Å². The number of nitrogens with zero attached hydrogens (tertiary/aromatic N) is 2.